The average Bonchev–Trinajstić information content (AvgIpc) is 2.42. The summed E-state index contributed by atoms with van der Waals surface area (Å²) in [6, 6.07) is 1.79. The van der Waals surface area contributed by atoms with Crippen LogP contribution in [0.2, 0.25) is 0 Å². The van der Waals surface area contributed by atoms with E-state index in [2.05, 4.69) is 0 Å². The average molecular weight is 292 g/mol. The molecule has 1 aliphatic rings. The number of aromatic hydroxyl groups is 2. The van der Waals surface area contributed by atoms with Crippen molar-refractivity contribution in [1.82, 2.24) is 0 Å². The van der Waals surface area contributed by atoms with E-state index in [0.29, 0.717) is 0 Å². The molecule has 4 N–H and O–H groups in total. The van der Waals surface area contributed by atoms with E-state index < -0.39 is 29.2 Å². The van der Waals surface area contributed by atoms with Crippen molar-refractivity contribution in [3.63, 3.8) is 0 Å². The molecule has 1 unspecified atom stereocenters. The summed E-state index contributed by atoms with van der Waals surface area (Å²) in [5.41, 5.74) is -0.0365. The predicted octanol–water partition coefficient (Wildman–Crippen LogP) is -0.330. The number of carboxylic acids is 1. The molecule has 7 heteroatoms. The summed E-state index contributed by atoms with van der Waals surface area (Å²) in [5.74, 6) is -3.79. The lowest BCUT2D eigenvalue weighted by Crippen LogP contribution is -3.04. The van der Waals surface area contributed by atoms with Crippen molar-refractivity contribution in [1.29, 1.82) is 0 Å². The van der Waals surface area contributed by atoms with Crippen LogP contribution >= 0.6 is 0 Å². The van der Waals surface area contributed by atoms with Crippen LogP contribution in [0.15, 0.2) is 36.1 Å². The summed E-state index contributed by atoms with van der Waals surface area (Å²) in [6.07, 6.45) is 5.01. The highest BCUT2D eigenvalue weighted by atomic mass is 16.5. The monoisotopic (exact) mass is 292 g/mol. The highest BCUT2D eigenvalue weighted by Gasteiger charge is 2.21. The molecule has 0 saturated carbocycles. The van der Waals surface area contributed by atoms with E-state index >= 15 is 0 Å². The molecule has 1 heterocycles. The van der Waals surface area contributed by atoms with Gasteiger partial charge >= 0.3 is 11.9 Å². The Labute approximate surface area is 120 Å². The number of carboxylic acid groups (broad SMARTS) is 1. The van der Waals surface area contributed by atoms with Gasteiger partial charge in [-0.15, -0.1) is 0 Å². The van der Waals surface area contributed by atoms with E-state index in [1.165, 1.54) is 0 Å². The minimum atomic E-state index is -1.32. The van der Waals surface area contributed by atoms with Crippen LogP contribution in [0.3, 0.4) is 0 Å². The van der Waals surface area contributed by atoms with Gasteiger partial charge in [0.05, 0.1) is 12.6 Å². The molecular formula is C14H14NO6+. The number of ether oxygens (including phenoxy) is 1. The lowest BCUT2D eigenvalue weighted by Gasteiger charge is -2.13. The van der Waals surface area contributed by atoms with Crippen LogP contribution in [0.1, 0.15) is 10.4 Å². The first-order chi connectivity index (χ1) is 9.88. The summed E-state index contributed by atoms with van der Waals surface area (Å²) >= 11 is 0. The molecular weight excluding hydrogens is 278 g/mol. The molecule has 21 heavy (non-hydrogen) atoms. The number of phenolic OH excluding ortho intramolecular Hbond substituents is 2. The highest BCUT2D eigenvalue weighted by Crippen LogP contribution is 2.37. The van der Waals surface area contributed by atoms with Crippen LogP contribution in [-0.4, -0.2) is 40.9 Å². The lowest BCUT2D eigenvalue weighted by molar-refractivity contribution is -0.818. The van der Waals surface area contributed by atoms with Gasteiger partial charge in [-0.05, 0) is 24.3 Å². The van der Waals surface area contributed by atoms with Crippen molar-refractivity contribution >= 4 is 11.9 Å². The van der Waals surface area contributed by atoms with Crippen LogP contribution < -0.4 is 9.64 Å². The number of benzene rings is 1. The number of carbonyl (C=O) groups excluding carboxylic acids is 1. The first-order valence-electron chi connectivity index (χ1n) is 6.10. The minimum absolute atomic E-state index is 0.278. The Morgan fingerprint density at radius 2 is 1.86 bits per heavy atom. The lowest BCUT2D eigenvalue weighted by atomic mass is 10.2. The fourth-order valence-electron chi connectivity index (χ4n) is 1.85. The molecule has 0 fully saturated rings. The van der Waals surface area contributed by atoms with Gasteiger partial charge in [-0.3, -0.25) is 0 Å². The molecule has 1 aliphatic heterocycles. The molecule has 1 aromatic rings. The molecule has 7 nitrogen and oxygen atoms in total. The van der Waals surface area contributed by atoms with Crippen LogP contribution in [0.5, 0.6) is 17.2 Å². The normalized spacial score (nSPS) is 17.2. The Morgan fingerprint density at radius 1 is 1.24 bits per heavy atom. The van der Waals surface area contributed by atoms with Gasteiger partial charge in [0.15, 0.2) is 11.5 Å². The number of hydrogen-bond donors (Lipinski definition) is 4. The Morgan fingerprint density at radius 3 is 2.38 bits per heavy atom. The minimum Gasteiger partial charge on any atom is -0.504 e. The Balaban J connectivity index is 2.26. The van der Waals surface area contributed by atoms with Crippen LogP contribution in [0, 0.1) is 0 Å². The van der Waals surface area contributed by atoms with Crippen LogP contribution in [0.4, 0.5) is 0 Å². The Hall–Kier alpha value is -2.80. The maximum Gasteiger partial charge on any atom is 0.349 e. The summed E-state index contributed by atoms with van der Waals surface area (Å²) in [4.78, 5) is 23.7. The molecule has 0 saturated heterocycles. The third-order valence-corrected chi connectivity index (χ3v) is 2.87. The first-order valence-corrected chi connectivity index (χ1v) is 6.10. The second-order valence-corrected chi connectivity index (χ2v) is 4.59. The Kier molecular flexibility index (Phi) is 3.95. The van der Waals surface area contributed by atoms with E-state index in [1.54, 1.807) is 18.4 Å². The molecule has 0 aliphatic carbocycles. The van der Waals surface area contributed by atoms with Crippen molar-refractivity contribution in [2.45, 2.75) is 0 Å². The van der Waals surface area contributed by atoms with Gasteiger partial charge in [-0.1, -0.05) is 0 Å². The van der Waals surface area contributed by atoms with E-state index in [1.807, 2.05) is 7.05 Å². The van der Waals surface area contributed by atoms with Gasteiger partial charge < -0.3 is 25.0 Å². The number of carbonyl (C=O) groups is 2. The van der Waals surface area contributed by atoms with Gasteiger partial charge in [0.2, 0.25) is 5.75 Å². The second-order valence-electron chi connectivity index (χ2n) is 4.59. The van der Waals surface area contributed by atoms with Gasteiger partial charge in [-0.25, -0.2) is 9.59 Å². The molecule has 0 amide bonds. The summed E-state index contributed by atoms with van der Waals surface area (Å²) in [6.45, 7) is 0.737. The van der Waals surface area contributed by atoms with Crippen molar-refractivity contribution < 1.29 is 34.5 Å². The molecule has 1 aromatic carbocycles. The first kappa shape index (κ1) is 14.6. The van der Waals surface area contributed by atoms with E-state index in [9.17, 15) is 19.8 Å². The van der Waals surface area contributed by atoms with Gasteiger partial charge in [0, 0.05) is 0 Å². The third-order valence-electron chi connectivity index (χ3n) is 2.87. The van der Waals surface area contributed by atoms with Crippen LogP contribution in [-0.2, 0) is 4.79 Å². The zero-order valence-corrected chi connectivity index (χ0v) is 11.2. The number of quaternary nitrogens is 1. The summed E-state index contributed by atoms with van der Waals surface area (Å²) in [5, 5.41) is 28.1. The zero-order chi connectivity index (χ0) is 15.6. The predicted molar refractivity (Wildman–Crippen MR) is 71.3 cm³/mol. The van der Waals surface area contributed by atoms with E-state index in [-0.39, 0.29) is 11.1 Å². The molecule has 110 valence electrons. The molecule has 0 bridgehead atoms. The van der Waals surface area contributed by atoms with Crippen molar-refractivity contribution in [3.05, 3.63) is 41.6 Å². The van der Waals surface area contributed by atoms with Gasteiger partial charge in [0.25, 0.3) is 0 Å². The highest BCUT2D eigenvalue weighted by molar-refractivity contribution is 5.94. The fraction of sp³-hybridized carbons (Fsp3) is 0.143. The molecule has 0 radical (unpaired) electrons. The quantitative estimate of drug-likeness (QED) is 0.449. The van der Waals surface area contributed by atoms with Crippen LogP contribution in [0.25, 0.3) is 0 Å². The largest absolute Gasteiger partial charge is 0.504 e. The standard InChI is InChI=1S/C14H13NO6/c1-15-4-2-3-8(7-15)14(20)21-12-10(16)5-9(13(18)19)6-11(12)17/h2-3,5-7,16-17H,4H2,1H3,(H,18,19)/p+1. The summed E-state index contributed by atoms with van der Waals surface area (Å²) in [7, 11) is 1.85. The van der Waals surface area contributed by atoms with E-state index in [4.69, 9.17) is 9.84 Å². The van der Waals surface area contributed by atoms with E-state index in [0.717, 1.165) is 23.6 Å². The number of nitrogens with one attached hydrogen (secondary N) is 1. The number of aromatic carboxylic acids is 1. The number of esters is 1. The van der Waals surface area contributed by atoms with Crippen molar-refractivity contribution in [2.75, 3.05) is 13.6 Å². The Bertz CT molecular complexity index is 638. The summed E-state index contributed by atoms with van der Waals surface area (Å²) < 4.78 is 4.93. The molecule has 0 aromatic heterocycles. The number of likely N-dealkylation sites (N-methyl/N-ethyl adjacent to an activating group) is 1. The third kappa shape index (κ3) is 3.21. The number of phenols is 2. The second kappa shape index (κ2) is 5.68. The number of hydrogen-bond acceptors (Lipinski definition) is 5. The topological polar surface area (TPSA) is 108 Å². The zero-order valence-electron chi connectivity index (χ0n) is 11.2. The molecule has 2 rings (SSSR count). The van der Waals surface area contributed by atoms with Gasteiger partial charge in [-0.2, -0.15) is 0 Å². The van der Waals surface area contributed by atoms with Crippen molar-refractivity contribution in [2.24, 2.45) is 0 Å². The maximum absolute atomic E-state index is 11.9. The maximum atomic E-state index is 11.9. The smallest absolute Gasteiger partial charge is 0.349 e. The van der Waals surface area contributed by atoms with Crippen molar-refractivity contribution in [3.8, 4) is 17.2 Å². The molecule has 0 spiro atoms. The molecule has 1 atom stereocenters. The fourth-order valence-corrected chi connectivity index (χ4v) is 1.85. The number of rotatable bonds is 3. The SMILES string of the molecule is C[NH+]1C=C(C(=O)Oc2c(O)cc(C(=O)O)cc2O)C=CC1. The van der Waals surface area contributed by atoms with Gasteiger partial charge in [0.1, 0.15) is 18.3 Å².